The maximum absolute atomic E-state index is 14.5. The highest BCUT2D eigenvalue weighted by Gasteiger charge is 2.27. The second-order valence-electron chi connectivity index (χ2n) is 6.90. The molecule has 4 heteroatoms. The Bertz CT molecular complexity index is 744. The number of hydrogen-bond acceptors (Lipinski definition) is 0. The molecule has 134 valence electrons. The topological polar surface area (TPSA) is 0 Å². The van der Waals surface area contributed by atoms with E-state index in [0.717, 1.165) is 30.9 Å². The lowest BCUT2D eigenvalue weighted by atomic mass is 9.79. The van der Waals surface area contributed by atoms with E-state index >= 15 is 0 Å². The quantitative estimate of drug-likeness (QED) is 0.442. The van der Waals surface area contributed by atoms with E-state index in [9.17, 15) is 17.6 Å². The lowest BCUT2D eigenvalue weighted by Gasteiger charge is -2.26. The van der Waals surface area contributed by atoms with Crippen molar-refractivity contribution in [2.45, 2.75) is 57.8 Å². The Balaban J connectivity index is 1.83. The van der Waals surface area contributed by atoms with Gasteiger partial charge in [-0.25, -0.2) is 17.6 Å². The minimum atomic E-state index is -0.911. The molecule has 1 unspecified atom stereocenters. The summed E-state index contributed by atoms with van der Waals surface area (Å²) in [5.74, 6) is -3.18. The molecule has 0 N–H and O–H groups in total. The summed E-state index contributed by atoms with van der Waals surface area (Å²) in [5.41, 5.74) is 2.12. The van der Waals surface area contributed by atoms with Crippen LogP contribution in [0.4, 0.5) is 17.6 Å². The second-order valence-corrected chi connectivity index (χ2v) is 6.90. The zero-order valence-electron chi connectivity index (χ0n) is 14.3. The Labute approximate surface area is 145 Å². The molecule has 2 aromatic rings. The van der Waals surface area contributed by atoms with Gasteiger partial charge in [0.25, 0.3) is 0 Å². The van der Waals surface area contributed by atoms with Gasteiger partial charge in [-0.05, 0) is 79.0 Å². The highest BCUT2D eigenvalue weighted by molar-refractivity contribution is 5.37. The van der Waals surface area contributed by atoms with Gasteiger partial charge >= 0.3 is 0 Å². The van der Waals surface area contributed by atoms with Gasteiger partial charge in [-0.15, -0.1) is 0 Å². The third-order valence-electron chi connectivity index (χ3n) is 5.09. The fourth-order valence-electron chi connectivity index (χ4n) is 3.75. The Morgan fingerprint density at radius 3 is 2.12 bits per heavy atom. The van der Waals surface area contributed by atoms with Crippen LogP contribution in [0, 0.1) is 23.3 Å². The first kappa shape index (κ1) is 18.0. The number of rotatable bonds is 5. The predicted octanol–water partition coefficient (Wildman–Crippen LogP) is 6.25. The van der Waals surface area contributed by atoms with Crippen LogP contribution in [0.5, 0.6) is 0 Å². The lowest BCUT2D eigenvalue weighted by Crippen LogP contribution is -2.16. The van der Waals surface area contributed by atoms with Crippen LogP contribution in [0.25, 0.3) is 0 Å². The average Bonchev–Trinajstić information content (AvgIpc) is 2.56. The fourth-order valence-corrected chi connectivity index (χ4v) is 3.75. The van der Waals surface area contributed by atoms with Gasteiger partial charge in [0.05, 0.1) is 0 Å². The lowest BCUT2D eigenvalue weighted by molar-refractivity contribution is 0.476. The van der Waals surface area contributed by atoms with Gasteiger partial charge in [0.1, 0.15) is 11.6 Å². The Hall–Kier alpha value is -1.84. The van der Waals surface area contributed by atoms with Gasteiger partial charge in [0.15, 0.2) is 11.6 Å². The van der Waals surface area contributed by atoms with Crippen LogP contribution in [-0.4, -0.2) is 0 Å². The van der Waals surface area contributed by atoms with Crippen LogP contribution >= 0.6 is 0 Å². The van der Waals surface area contributed by atoms with E-state index in [-0.39, 0.29) is 11.5 Å². The van der Waals surface area contributed by atoms with Crippen molar-refractivity contribution < 1.29 is 17.6 Å². The summed E-state index contributed by atoms with van der Waals surface area (Å²) in [4.78, 5) is 0. The second kappa shape index (κ2) is 7.59. The number of fused-ring (bicyclic) bond motifs is 1. The summed E-state index contributed by atoms with van der Waals surface area (Å²) in [7, 11) is 0. The molecule has 3 rings (SSSR count). The molecule has 0 nitrogen and oxygen atoms in total. The molecule has 1 aliphatic rings. The van der Waals surface area contributed by atoms with E-state index in [1.165, 1.54) is 18.2 Å². The molecule has 0 aromatic heterocycles. The van der Waals surface area contributed by atoms with Crippen LogP contribution in [0.15, 0.2) is 24.3 Å². The minimum Gasteiger partial charge on any atom is -0.207 e. The summed E-state index contributed by atoms with van der Waals surface area (Å²) < 4.78 is 55.9. The summed E-state index contributed by atoms with van der Waals surface area (Å²) in [6.07, 6.45) is 5.02. The van der Waals surface area contributed by atoms with E-state index in [1.807, 2.05) is 0 Å². The first-order valence-electron chi connectivity index (χ1n) is 8.94. The molecule has 0 amide bonds. The van der Waals surface area contributed by atoms with Gasteiger partial charge in [-0.2, -0.15) is 0 Å². The molecule has 2 aromatic carbocycles. The number of unbranched alkanes of at least 4 members (excludes halogenated alkanes) is 2. The normalized spacial score (nSPS) is 16.8. The van der Waals surface area contributed by atoms with Gasteiger partial charge in [-0.3, -0.25) is 0 Å². The molecule has 0 saturated carbocycles. The Morgan fingerprint density at radius 1 is 0.840 bits per heavy atom. The van der Waals surface area contributed by atoms with Crippen LogP contribution in [0.3, 0.4) is 0 Å². The summed E-state index contributed by atoms with van der Waals surface area (Å²) >= 11 is 0. The molecule has 0 aliphatic heterocycles. The van der Waals surface area contributed by atoms with Gasteiger partial charge < -0.3 is 0 Å². The highest BCUT2D eigenvalue weighted by atomic mass is 19.2. The van der Waals surface area contributed by atoms with Crippen molar-refractivity contribution in [2.75, 3.05) is 0 Å². The summed E-state index contributed by atoms with van der Waals surface area (Å²) in [5, 5.41) is 0. The zero-order valence-corrected chi connectivity index (χ0v) is 14.3. The molecular formula is C21H22F4. The van der Waals surface area contributed by atoms with Crippen molar-refractivity contribution in [3.05, 3.63) is 69.8 Å². The average molecular weight is 350 g/mol. The largest absolute Gasteiger partial charge is 0.207 e. The van der Waals surface area contributed by atoms with Crippen molar-refractivity contribution in [3.63, 3.8) is 0 Å². The van der Waals surface area contributed by atoms with E-state index in [2.05, 4.69) is 6.92 Å². The number of benzene rings is 2. The summed E-state index contributed by atoms with van der Waals surface area (Å²) in [6, 6.07) is 5.21. The molecule has 0 radical (unpaired) electrons. The van der Waals surface area contributed by atoms with E-state index in [0.29, 0.717) is 36.8 Å². The van der Waals surface area contributed by atoms with Crippen molar-refractivity contribution in [3.8, 4) is 0 Å². The molecule has 0 heterocycles. The zero-order chi connectivity index (χ0) is 18.0. The van der Waals surface area contributed by atoms with Crippen LogP contribution < -0.4 is 0 Å². The maximum Gasteiger partial charge on any atom is 0.159 e. The van der Waals surface area contributed by atoms with E-state index < -0.39 is 23.3 Å². The molecule has 1 atom stereocenters. The van der Waals surface area contributed by atoms with E-state index in [1.54, 1.807) is 0 Å². The van der Waals surface area contributed by atoms with Crippen molar-refractivity contribution in [1.29, 1.82) is 0 Å². The Morgan fingerprint density at radius 2 is 1.48 bits per heavy atom. The van der Waals surface area contributed by atoms with Crippen molar-refractivity contribution >= 4 is 0 Å². The van der Waals surface area contributed by atoms with Gasteiger partial charge in [-0.1, -0.05) is 19.8 Å². The van der Waals surface area contributed by atoms with Crippen LogP contribution in [-0.2, 0) is 19.3 Å². The maximum atomic E-state index is 14.5. The number of halogens is 4. The fraction of sp³-hybridized carbons (Fsp3) is 0.429. The molecule has 0 fully saturated rings. The molecule has 0 saturated heterocycles. The molecule has 1 aliphatic carbocycles. The molecule has 0 spiro atoms. The number of hydrogen-bond donors (Lipinski definition) is 0. The SMILES string of the molecule is CCCCCc1cc(F)c(C2CCc3cc(F)c(F)cc3C2)c(F)c1. The van der Waals surface area contributed by atoms with Crippen molar-refractivity contribution in [1.82, 2.24) is 0 Å². The van der Waals surface area contributed by atoms with Crippen LogP contribution in [0.2, 0.25) is 0 Å². The Kier molecular flexibility index (Phi) is 5.45. The highest BCUT2D eigenvalue weighted by Crippen LogP contribution is 2.36. The van der Waals surface area contributed by atoms with Gasteiger partial charge in [0.2, 0.25) is 0 Å². The third-order valence-corrected chi connectivity index (χ3v) is 5.09. The monoisotopic (exact) mass is 350 g/mol. The van der Waals surface area contributed by atoms with Crippen LogP contribution in [0.1, 0.15) is 60.8 Å². The molecule has 0 bridgehead atoms. The standard InChI is InChI=1S/C21H22F4/c1-2-3-4-5-13-8-19(24)21(20(25)9-13)15-7-6-14-11-17(22)18(23)12-16(14)10-15/h8-9,11-12,15H,2-7,10H2,1H3. The smallest absolute Gasteiger partial charge is 0.159 e. The van der Waals surface area contributed by atoms with Crippen molar-refractivity contribution in [2.24, 2.45) is 0 Å². The van der Waals surface area contributed by atoms with E-state index in [4.69, 9.17) is 0 Å². The van der Waals surface area contributed by atoms with Gasteiger partial charge in [0, 0.05) is 5.56 Å². The molecular weight excluding hydrogens is 328 g/mol. The first-order chi connectivity index (χ1) is 12.0. The number of aryl methyl sites for hydroxylation is 2. The predicted molar refractivity (Wildman–Crippen MR) is 90.7 cm³/mol. The summed E-state index contributed by atoms with van der Waals surface area (Å²) in [6.45, 7) is 2.08. The third kappa shape index (κ3) is 3.88. The molecule has 25 heavy (non-hydrogen) atoms. The first-order valence-corrected chi connectivity index (χ1v) is 8.94. The minimum absolute atomic E-state index is 0.0784.